The Bertz CT molecular complexity index is 425. The Morgan fingerprint density at radius 2 is 1.88 bits per heavy atom. The molecule has 0 fully saturated rings. The average Bonchev–Trinajstić information content (AvgIpc) is 2.25. The second kappa shape index (κ2) is 5.43. The van der Waals surface area contributed by atoms with Crippen LogP contribution in [0.5, 0.6) is 0 Å². The molecule has 0 aromatic heterocycles. The molecular weight excluding hydrogens is 226 g/mol. The number of benzene rings is 1. The first-order valence-corrected chi connectivity index (χ1v) is 6.98. The van der Waals surface area contributed by atoms with E-state index >= 15 is 0 Å². The van der Waals surface area contributed by atoms with Crippen molar-refractivity contribution in [1.29, 1.82) is 0 Å². The van der Waals surface area contributed by atoms with Gasteiger partial charge >= 0.3 is 0 Å². The molecule has 2 N–H and O–H groups in total. The normalized spacial score (nSPS) is 13.7. The lowest BCUT2D eigenvalue weighted by atomic mass is 10.1. The Morgan fingerprint density at radius 1 is 1.31 bits per heavy atom. The smallest absolute Gasteiger partial charge is 0.175 e. The Labute approximate surface area is 96.2 Å². The van der Waals surface area contributed by atoms with Crippen molar-refractivity contribution in [3.05, 3.63) is 29.8 Å². The molecule has 1 aromatic carbocycles. The Kier molecular flexibility index (Phi) is 4.46. The number of aliphatic hydroxyl groups is 1. The topological polar surface area (TPSA) is 66.4 Å². The summed E-state index contributed by atoms with van der Waals surface area (Å²) in [5.74, 6) is 0. The molecule has 0 heterocycles. The van der Waals surface area contributed by atoms with Crippen LogP contribution < -0.4 is 5.32 Å². The molecule has 0 aliphatic carbocycles. The van der Waals surface area contributed by atoms with Crippen molar-refractivity contribution in [2.45, 2.75) is 17.9 Å². The molecular formula is C11H17NO3S. The Balaban J connectivity index is 2.79. The Morgan fingerprint density at radius 3 is 2.31 bits per heavy atom. The molecule has 1 atom stereocenters. The number of hydrogen-bond acceptors (Lipinski definition) is 4. The van der Waals surface area contributed by atoms with Crippen molar-refractivity contribution in [2.24, 2.45) is 0 Å². The van der Waals surface area contributed by atoms with E-state index in [4.69, 9.17) is 5.11 Å². The van der Waals surface area contributed by atoms with Gasteiger partial charge in [0.05, 0.1) is 11.5 Å². The van der Waals surface area contributed by atoms with Gasteiger partial charge in [-0.15, -0.1) is 0 Å². The van der Waals surface area contributed by atoms with Crippen LogP contribution in [0, 0.1) is 0 Å². The summed E-state index contributed by atoms with van der Waals surface area (Å²) in [6.07, 6.45) is 1.19. The summed E-state index contributed by atoms with van der Waals surface area (Å²) >= 11 is 0. The quantitative estimate of drug-likeness (QED) is 0.800. The van der Waals surface area contributed by atoms with Gasteiger partial charge in [0.1, 0.15) is 0 Å². The van der Waals surface area contributed by atoms with E-state index < -0.39 is 9.84 Å². The molecule has 4 nitrogen and oxygen atoms in total. The second-order valence-electron chi connectivity index (χ2n) is 3.74. The van der Waals surface area contributed by atoms with Gasteiger partial charge in [0.25, 0.3) is 0 Å². The fourth-order valence-electron chi connectivity index (χ4n) is 1.40. The summed E-state index contributed by atoms with van der Waals surface area (Å²) in [6, 6.07) is 6.86. The second-order valence-corrected chi connectivity index (χ2v) is 5.76. The van der Waals surface area contributed by atoms with Crippen molar-refractivity contribution in [2.75, 3.05) is 19.4 Å². The van der Waals surface area contributed by atoms with Gasteiger partial charge < -0.3 is 10.4 Å². The first-order valence-electron chi connectivity index (χ1n) is 5.09. The van der Waals surface area contributed by atoms with Crippen molar-refractivity contribution in [1.82, 2.24) is 5.32 Å². The lowest BCUT2D eigenvalue weighted by Gasteiger charge is -2.13. The minimum Gasteiger partial charge on any atom is -0.395 e. The maximum atomic E-state index is 11.2. The van der Waals surface area contributed by atoms with E-state index in [0.717, 1.165) is 5.56 Å². The number of rotatable bonds is 5. The lowest BCUT2D eigenvalue weighted by Crippen LogP contribution is -2.22. The van der Waals surface area contributed by atoms with Crippen LogP contribution >= 0.6 is 0 Å². The molecule has 0 bridgehead atoms. The minimum atomic E-state index is -3.12. The van der Waals surface area contributed by atoms with Gasteiger partial charge in [-0.25, -0.2) is 8.42 Å². The third-order valence-electron chi connectivity index (χ3n) is 2.37. The van der Waals surface area contributed by atoms with Crippen LogP contribution in [0.15, 0.2) is 29.2 Å². The number of sulfone groups is 1. The zero-order valence-corrected chi connectivity index (χ0v) is 10.3. The van der Waals surface area contributed by atoms with E-state index in [-0.39, 0.29) is 12.6 Å². The van der Waals surface area contributed by atoms with Crippen LogP contribution in [-0.2, 0) is 9.84 Å². The highest BCUT2D eigenvalue weighted by atomic mass is 32.2. The summed E-state index contributed by atoms with van der Waals surface area (Å²) in [4.78, 5) is 0.325. The van der Waals surface area contributed by atoms with Gasteiger partial charge in [0, 0.05) is 18.8 Å². The first kappa shape index (κ1) is 13.2. The molecule has 0 radical (unpaired) electrons. The molecule has 5 heteroatoms. The number of nitrogens with one attached hydrogen (secondary N) is 1. The highest BCUT2D eigenvalue weighted by molar-refractivity contribution is 7.90. The number of aliphatic hydroxyl groups excluding tert-OH is 1. The zero-order chi connectivity index (χ0) is 12.2. The predicted molar refractivity (Wildman–Crippen MR) is 63.1 cm³/mol. The maximum Gasteiger partial charge on any atom is 0.175 e. The molecule has 0 saturated carbocycles. The zero-order valence-electron chi connectivity index (χ0n) is 9.47. The van der Waals surface area contributed by atoms with E-state index in [1.165, 1.54) is 6.26 Å². The lowest BCUT2D eigenvalue weighted by molar-refractivity contribution is 0.286. The summed E-state index contributed by atoms with van der Waals surface area (Å²) < 4.78 is 22.5. The van der Waals surface area contributed by atoms with Crippen LogP contribution in [0.1, 0.15) is 18.5 Å². The molecule has 1 unspecified atom stereocenters. The standard InChI is InChI=1S/C11H17NO3S/c1-9(12-7-8-13)10-3-5-11(6-4-10)16(2,14)15/h3-6,9,12-13H,7-8H2,1-2H3. The van der Waals surface area contributed by atoms with E-state index in [0.29, 0.717) is 11.4 Å². The molecule has 0 spiro atoms. The molecule has 0 amide bonds. The summed E-state index contributed by atoms with van der Waals surface area (Å²) in [7, 11) is -3.12. The van der Waals surface area contributed by atoms with Gasteiger partial charge in [-0.05, 0) is 24.6 Å². The monoisotopic (exact) mass is 243 g/mol. The van der Waals surface area contributed by atoms with Gasteiger partial charge in [0.15, 0.2) is 9.84 Å². The third kappa shape index (κ3) is 3.59. The fourth-order valence-corrected chi connectivity index (χ4v) is 2.03. The van der Waals surface area contributed by atoms with Crippen LogP contribution in [0.25, 0.3) is 0 Å². The molecule has 0 aliphatic rings. The minimum absolute atomic E-state index is 0.0891. The van der Waals surface area contributed by atoms with Crippen LogP contribution in [0.4, 0.5) is 0 Å². The van der Waals surface area contributed by atoms with E-state index in [9.17, 15) is 8.42 Å². The predicted octanol–water partition coefficient (Wildman–Crippen LogP) is 0.733. The SMILES string of the molecule is CC(NCCO)c1ccc(S(C)(=O)=O)cc1. The Hall–Kier alpha value is -0.910. The summed E-state index contributed by atoms with van der Waals surface area (Å²) in [5, 5.41) is 11.8. The molecule has 0 aliphatic heterocycles. The van der Waals surface area contributed by atoms with Crippen LogP contribution in [0.3, 0.4) is 0 Å². The fraction of sp³-hybridized carbons (Fsp3) is 0.455. The van der Waals surface area contributed by atoms with Crippen LogP contribution in [-0.4, -0.2) is 32.9 Å². The first-order chi connectivity index (χ1) is 7.45. The molecule has 16 heavy (non-hydrogen) atoms. The average molecular weight is 243 g/mol. The van der Waals surface area contributed by atoms with Crippen molar-refractivity contribution in [3.63, 3.8) is 0 Å². The highest BCUT2D eigenvalue weighted by Gasteiger charge is 2.08. The maximum absolute atomic E-state index is 11.2. The van der Waals surface area contributed by atoms with Gasteiger partial charge in [0.2, 0.25) is 0 Å². The van der Waals surface area contributed by atoms with Gasteiger partial charge in [-0.1, -0.05) is 12.1 Å². The van der Waals surface area contributed by atoms with Gasteiger partial charge in [-0.2, -0.15) is 0 Å². The number of hydrogen-bond donors (Lipinski definition) is 2. The summed E-state index contributed by atoms with van der Waals surface area (Å²) in [5.41, 5.74) is 1.00. The molecule has 90 valence electrons. The van der Waals surface area contributed by atoms with Gasteiger partial charge in [-0.3, -0.25) is 0 Å². The van der Waals surface area contributed by atoms with Crippen molar-refractivity contribution < 1.29 is 13.5 Å². The van der Waals surface area contributed by atoms with E-state index in [1.54, 1.807) is 24.3 Å². The largest absolute Gasteiger partial charge is 0.395 e. The highest BCUT2D eigenvalue weighted by Crippen LogP contribution is 2.15. The third-order valence-corrected chi connectivity index (χ3v) is 3.50. The van der Waals surface area contributed by atoms with E-state index in [2.05, 4.69) is 5.32 Å². The van der Waals surface area contributed by atoms with Crippen molar-refractivity contribution >= 4 is 9.84 Å². The van der Waals surface area contributed by atoms with Crippen molar-refractivity contribution in [3.8, 4) is 0 Å². The molecule has 1 rings (SSSR count). The molecule has 0 saturated heterocycles. The summed E-state index contributed by atoms with van der Waals surface area (Å²) in [6.45, 7) is 2.58. The van der Waals surface area contributed by atoms with Crippen LogP contribution in [0.2, 0.25) is 0 Å². The van der Waals surface area contributed by atoms with E-state index in [1.807, 2.05) is 6.92 Å². The molecule has 1 aromatic rings.